The van der Waals surface area contributed by atoms with Gasteiger partial charge in [-0.3, -0.25) is 0 Å². The van der Waals surface area contributed by atoms with Crippen LogP contribution >= 0.6 is 35.0 Å². The van der Waals surface area contributed by atoms with Gasteiger partial charge < -0.3 is 0 Å². The van der Waals surface area contributed by atoms with Crippen LogP contribution in [-0.2, 0) is 0 Å². The Morgan fingerprint density at radius 3 is 2.82 bits per heavy atom. The SMILES string of the molecule is ClC(Cl)CSc1ccccn1. The van der Waals surface area contributed by atoms with Gasteiger partial charge in [0.25, 0.3) is 0 Å². The second-order valence-electron chi connectivity index (χ2n) is 1.87. The zero-order chi connectivity index (χ0) is 8.10. The number of thioether (sulfide) groups is 1. The highest BCUT2D eigenvalue weighted by Gasteiger charge is 1.99. The molecule has 0 unspecified atom stereocenters. The third-order valence-electron chi connectivity index (χ3n) is 0.995. The fourth-order valence-corrected chi connectivity index (χ4v) is 1.57. The molecule has 0 saturated carbocycles. The number of alkyl halides is 2. The predicted octanol–water partition coefficient (Wildman–Crippen LogP) is 2.98. The van der Waals surface area contributed by atoms with Gasteiger partial charge in [-0.25, -0.2) is 4.98 Å². The largest absolute Gasteiger partial charge is 0.250 e. The minimum atomic E-state index is -0.318. The summed E-state index contributed by atoms with van der Waals surface area (Å²) in [6, 6.07) is 5.75. The van der Waals surface area contributed by atoms with Crippen molar-refractivity contribution in [2.45, 2.75) is 9.86 Å². The number of rotatable bonds is 3. The first-order valence-corrected chi connectivity index (χ1v) is 4.97. The highest BCUT2D eigenvalue weighted by molar-refractivity contribution is 7.99. The van der Waals surface area contributed by atoms with Crippen LogP contribution in [0.3, 0.4) is 0 Å². The first-order chi connectivity index (χ1) is 5.29. The van der Waals surface area contributed by atoms with Gasteiger partial charge >= 0.3 is 0 Å². The Balaban J connectivity index is 2.39. The third kappa shape index (κ3) is 3.85. The molecule has 0 N–H and O–H groups in total. The minimum absolute atomic E-state index is 0.318. The molecular weight excluding hydrogens is 201 g/mol. The quantitative estimate of drug-likeness (QED) is 0.559. The predicted molar refractivity (Wildman–Crippen MR) is 50.5 cm³/mol. The Bertz CT molecular complexity index is 203. The van der Waals surface area contributed by atoms with Crippen molar-refractivity contribution >= 4 is 35.0 Å². The molecule has 0 spiro atoms. The summed E-state index contributed by atoms with van der Waals surface area (Å²) in [6.07, 6.45) is 1.75. The van der Waals surface area contributed by atoms with Gasteiger partial charge in [-0.2, -0.15) is 0 Å². The lowest BCUT2D eigenvalue weighted by atomic mass is 10.5. The van der Waals surface area contributed by atoms with E-state index >= 15 is 0 Å². The van der Waals surface area contributed by atoms with Crippen molar-refractivity contribution in [2.24, 2.45) is 0 Å². The van der Waals surface area contributed by atoms with Crippen LogP contribution in [0.1, 0.15) is 0 Å². The molecule has 1 nitrogen and oxygen atoms in total. The molecule has 0 aliphatic rings. The molecule has 1 aromatic heterocycles. The normalized spacial score (nSPS) is 10.5. The minimum Gasteiger partial charge on any atom is -0.250 e. The van der Waals surface area contributed by atoms with E-state index in [0.29, 0.717) is 5.75 Å². The van der Waals surface area contributed by atoms with Gasteiger partial charge in [0, 0.05) is 11.9 Å². The molecule has 11 heavy (non-hydrogen) atoms. The van der Waals surface area contributed by atoms with E-state index in [1.54, 1.807) is 18.0 Å². The van der Waals surface area contributed by atoms with Crippen LogP contribution in [0.4, 0.5) is 0 Å². The van der Waals surface area contributed by atoms with E-state index in [2.05, 4.69) is 4.98 Å². The van der Waals surface area contributed by atoms with E-state index < -0.39 is 0 Å². The highest BCUT2D eigenvalue weighted by atomic mass is 35.5. The standard InChI is InChI=1S/C7H7Cl2NS/c8-6(9)5-11-7-3-1-2-4-10-7/h1-4,6H,5H2. The van der Waals surface area contributed by atoms with Crippen molar-refractivity contribution in [2.75, 3.05) is 5.75 Å². The molecule has 0 aromatic carbocycles. The Morgan fingerprint density at radius 1 is 1.45 bits per heavy atom. The molecule has 0 fully saturated rings. The molecule has 60 valence electrons. The summed E-state index contributed by atoms with van der Waals surface area (Å²) in [7, 11) is 0. The number of pyridine rings is 1. The first kappa shape index (κ1) is 9.17. The lowest BCUT2D eigenvalue weighted by Gasteiger charge is -1.98. The summed E-state index contributed by atoms with van der Waals surface area (Å²) >= 11 is 12.6. The molecule has 0 bridgehead atoms. The Morgan fingerprint density at radius 2 is 2.27 bits per heavy atom. The van der Waals surface area contributed by atoms with Crippen molar-refractivity contribution in [1.29, 1.82) is 0 Å². The molecule has 0 radical (unpaired) electrons. The van der Waals surface area contributed by atoms with Crippen molar-refractivity contribution in [3.05, 3.63) is 24.4 Å². The molecule has 0 aliphatic carbocycles. The molecule has 0 saturated heterocycles. The number of halogens is 2. The fraction of sp³-hybridized carbons (Fsp3) is 0.286. The van der Waals surface area contributed by atoms with E-state index in [9.17, 15) is 0 Å². The van der Waals surface area contributed by atoms with Crippen molar-refractivity contribution in [3.8, 4) is 0 Å². The van der Waals surface area contributed by atoms with Crippen molar-refractivity contribution < 1.29 is 0 Å². The maximum atomic E-state index is 5.54. The summed E-state index contributed by atoms with van der Waals surface area (Å²) in [5, 5.41) is 0.957. The number of hydrogen-bond acceptors (Lipinski definition) is 2. The molecule has 1 aromatic rings. The second kappa shape index (κ2) is 4.86. The monoisotopic (exact) mass is 207 g/mol. The molecule has 0 aliphatic heterocycles. The zero-order valence-corrected chi connectivity index (χ0v) is 8.03. The van der Waals surface area contributed by atoms with Crippen molar-refractivity contribution in [3.63, 3.8) is 0 Å². The van der Waals surface area contributed by atoms with Gasteiger partial charge in [-0.15, -0.1) is 35.0 Å². The van der Waals surface area contributed by atoms with E-state index in [1.807, 2.05) is 18.2 Å². The van der Waals surface area contributed by atoms with Crippen LogP contribution in [0, 0.1) is 0 Å². The van der Waals surface area contributed by atoms with Gasteiger partial charge in [-0.1, -0.05) is 6.07 Å². The van der Waals surface area contributed by atoms with Crippen LogP contribution in [0.25, 0.3) is 0 Å². The lowest BCUT2D eigenvalue weighted by Crippen LogP contribution is -1.90. The summed E-state index contributed by atoms with van der Waals surface area (Å²) in [5.41, 5.74) is 0. The summed E-state index contributed by atoms with van der Waals surface area (Å²) in [6.45, 7) is 0. The number of aromatic nitrogens is 1. The van der Waals surface area contributed by atoms with Crippen LogP contribution < -0.4 is 0 Å². The van der Waals surface area contributed by atoms with Crippen molar-refractivity contribution in [1.82, 2.24) is 4.98 Å². The number of hydrogen-bond donors (Lipinski definition) is 0. The molecular formula is C7H7Cl2NS. The van der Waals surface area contributed by atoms with E-state index in [0.717, 1.165) is 5.03 Å². The Hall–Kier alpha value is 0.0800. The van der Waals surface area contributed by atoms with Crippen LogP contribution in [0.2, 0.25) is 0 Å². The second-order valence-corrected chi connectivity index (χ2v) is 4.19. The van der Waals surface area contributed by atoms with Gasteiger partial charge in [0.1, 0.15) is 4.84 Å². The average molecular weight is 208 g/mol. The van der Waals surface area contributed by atoms with E-state index in [4.69, 9.17) is 23.2 Å². The van der Waals surface area contributed by atoms with Crippen LogP contribution in [0.5, 0.6) is 0 Å². The highest BCUT2D eigenvalue weighted by Crippen LogP contribution is 2.18. The maximum Gasteiger partial charge on any atom is 0.117 e. The van der Waals surface area contributed by atoms with E-state index in [-0.39, 0.29) is 4.84 Å². The van der Waals surface area contributed by atoms with Gasteiger partial charge in [0.2, 0.25) is 0 Å². The van der Waals surface area contributed by atoms with Gasteiger partial charge in [0.05, 0.1) is 5.03 Å². The topological polar surface area (TPSA) is 12.9 Å². The van der Waals surface area contributed by atoms with E-state index in [1.165, 1.54) is 0 Å². The average Bonchev–Trinajstić information content (AvgIpc) is 2.03. The summed E-state index contributed by atoms with van der Waals surface area (Å²) in [5.74, 6) is 0.681. The van der Waals surface area contributed by atoms with Crippen LogP contribution in [-0.4, -0.2) is 15.6 Å². The molecule has 1 rings (SSSR count). The fourth-order valence-electron chi connectivity index (χ4n) is 0.581. The molecule has 4 heteroatoms. The zero-order valence-electron chi connectivity index (χ0n) is 5.71. The summed E-state index contributed by atoms with van der Waals surface area (Å²) in [4.78, 5) is 3.78. The summed E-state index contributed by atoms with van der Waals surface area (Å²) < 4.78 is 0. The number of nitrogens with zero attached hydrogens (tertiary/aromatic N) is 1. The first-order valence-electron chi connectivity index (χ1n) is 3.11. The maximum absolute atomic E-state index is 5.54. The lowest BCUT2D eigenvalue weighted by molar-refractivity contribution is 1.13. The Kier molecular flexibility index (Phi) is 4.05. The third-order valence-corrected chi connectivity index (χ3v) is 2.71. The van der Waals surface area contributed by atoms with Crippen LogP contribution in [0.15, 0.2) is 29.4 Å². The molecule has 0 amide bonds. The molecule has 1 heterocycles. The van der Waals surface area contributed by atoms with Gasteiger partial charge in [0.15, 0.2) is 0 Å². The Labute approximate surface area is 80.1 Å². The molecule has 0 atom stereocenters. The smallest absolute Gasteiger partial charge is 0.117 e. The van der Waals surface area contributed by atoms with Gasteiger partial charge in [-0.05, 0) is 12.1 Å².